The number of thioether (sulfide) groups is 1. The lowest BCUT2D eigenvalue weighted by atomic mass is 10.2. The van der Waals surface area contributed by atoms with Gasteiger partial charge in [0.1, 0.15) is 15.4 Å². The van der Waals surface area contributed by atoms with Crippen LogP contribution in [0.2, 0.25) is 0 Å². The topological polar surface area (TPSA) is 76.3 Å². The van der Waals surface area contributed by atoms with Crippen LogP contribution in [0.15, 0.2) is 41.5 Å². The first-order valence-electron chi connectivity index (χ1n) is 10.7. The SMILES string of the molecule is CCN1C(=O)C(=Nc2ncc(-c3cc4c(s3)c3sc5ccccc5c3n4C)c3nsnc23)SC1=S. The molecule has 1 aliphatic rings. The van der Waals surface area contributed by atoms with Gasteiger partial charge < -0.3 is 4.57 Å². The van der Waals surface area contributed by atoms with Crippen LogP contribution >= 0.6 is 58.4 Å². The van der Waals surface area contributed by atoms with Crippen LogP contribution in [0.5, 0.6) is 0 Å². The Bertz CT molecular complexity index is 1890. The summed E-state index contributed by atoms with van der Waals surface area (Å²) in [7, 11) is 2.12. The third-order valence-corrected chi connectivity index (χ3v) is 10.4. The molecule has 0 saturated carbocycles. The largest absolute Gasteiger partial charge is 0.342 e. The van der Waals surface area contributed by atoms with Crippen molar-refractivity contribution in [3.8, 4) is 10.4 Å². The molecule has 1 fully saturated rings. The third kappa shape index (κ3) is 3.07. The minimum Gasteiger partial charge on any atom is -0.342 e. The van der Waals surface area contributed by atoms with E-state index < -0.39 is 0 Å². The summed E-state index contributed by atoms with van der Waals surface area (Å²) in [5.74, 6) is 0.198. The number of aromatic nitrogens is 4. The third-order valence-electron chi connectivity index (χ3n) is 6.08. The number of carbonyl (C=O) groups excluding carboxylic acids is 1. The quantitative estimate of drug-likeness (QED) is 0.232. The number of pyridine rings is 1. The van der Waals surface area contributed by atoms with Crippen molar-refractivity contribution < 1.29 is 4.79 Å². The van der Waals surface area contributed by atoms with Gasteiger partial charge in [-0.2, -0.15) is 8.75 Å². The van der Waals surface area contributed by atoms with Crippen LogP contribution in [0.25, 0.3) is 52.0 Å². The van der Waals surface area contributed by atoms with Gasteiger partial charge in [-0.25, -0.2) is 9.98 Å². The molecule has 6 heterocycles. The predicted molar refractivity (Wildman–Crippen MR) is 153 cm³/mol. The molecule has 1 amide bonds. The van der Waals surface area contributed by atoms with E-state index in [9.17, 15) is 4.79 Å². The molecule has 0 unspecified atom stereocenters. The van der Waals surface area contributed by atoms with Gasteiger partial charge in [0.25, 0.3) is 5.91 Å². The van der Waals surface area contributed by atoms with E-state index in [0.29, 0.717) is 27.2 Å². The Morgan fingerprint density at radius 2 is 1.94 bits per heavy atom. The van der Waals surface area contributed by atoms with Gasteiger partial charge in [0.15, 0.2) is 10.9 Å². The lowest BCUT2D eigenvalue weighted by Crippen LogP contribution is -2.29. The summed E-state index contributed by atoms with van der Waals surface area (Å²) in [6, 6.07) is 10.7. The molecule has 0 radical (unpaired) electrons. The number of thiocarbonyl (C=S) groups is 1. The van der Waals surface area contributed by atoms with Crippen molar-refractivity contribution >= 4 is 121 Å². The standard InChI is InChI=1S/C23H14N6OS5/c1-3-29-22(30)21(34-23(29)31)25-20-16-15(26-35-27-16)11(9-24-20)14-8-12-18(33-14)19-17(28(12)2)10-6-4-5-7-13(10)32-19/h4-9H,3H2,1-2H3. The minimum absolute atomic E-state index is 0.193. The van der Waals surface area contributed by atoms with Crippen LogP contribution in [0.3, 0.4) is 0 Å². The Hall–Kier alpha value is -2.77. The van der Waals surface area contributed by atoms with Crippen LogP contribution in [-0.2, 0) is 11.8 Å². The normalized spacial score (nSPS) is 15.8. The molecule has 35 heavy (non-hydrogen) atoms. The van der Waals surface area contributed by atoms with Crippen molar-refractivity contribution in [3.63, 3.8) is 0 Å². The van der Waals surface area contributed by atoms with Gasteiger partial charge in [-0.3, -0.25) is 9.69 Å². The van der Waals surface area contributed by atoms with Gasteiger partial charge in [-0.05, 0) is 30.8 Å². The highest BCUT2D eigenvalue weighted by Gasteiger charge is 2.33. The smallest absolute Gasteiger partial charge is 0.285 e. The number of fused-ring (bicyclic) bond motifs is 6. The van der Waals surface area contributed by atoms with Gasteiger partial charge in [0, 0.05) is 40.3 Å². The molecule has 172 valence electrons. The highest BCUT2D eigenvalue weighted by atomic mass is 32.2. The molecule has 1 aliphatic heterocycles. The van der Waals surface area contributed by atoms with E-state index in [-0.39, 0.29) is 5.91 Å². The first kappa shape index (κ1) is 21.5. The first-order chi connectivity index (χ1) is 17.0. The molecular weight excluding hydrogens is 537 g/mol. The second-order valence-corrected chi connectivity index (χ2v) is 12.2. The maximum absolute atomic E-state index is 12.6. The average molecular weight is 551 g/mol. The Kier molecular flexibility index (Phi) is 4.83. The zero-order valence-corrected chi connectivity index (χ0v) is 22.4. The van der Waals surface area contributed by atoms with Gasteiger partial charge in [-0.1, -0.05) is 30.4 Å². The van der Waals surface area contributed by atoms with Gasteiger partial charge >= 0.3 is 0 Å². The Balaban J connectivity index is 1.37. The lowest BCUT2D eigenvalue weighted by Gasteiger charge is -2.09. The summed E-state index contributed by atoms with van der Waals surface area (Å²) in [6.07, 6.45) is 1.79. The van der Waals surface area contributed by atoms with Crippen molar-refractivity contribution in [3.05, 3.63) is 36.5 Å². The van der Waals surface area contributed by atoms with E-state index in [0.717, 1.165) is 27.7 Å². The van der Waals surface area contributed by atoms with Crippen molar-refractivity contribution in [1.82, 2.24) is 23.2 Å². The summed E-state index contributed by atoms with van der Waals surface area (Å²) in [6.45, 7) is 2.41. The molecule has 7 nitrogen and oxygen atoms in total. The summed E-state index contributed by atoms with van der Waals surface area (Å²) in [5, 5.41) is 1.61. The fraction of sp³-hybridized carbons (Fsp3) is 0.130. The number of aliphatic imine (C=N–C) groups is 1. The zero-order valence-electron chi connectivity index (χ0n) is 18.3. The number of rotatable bonds is 3. The lowest BCUT2D eigenvalue weighted by molar-refractivity contribution is -0.119. The van der Waals surface area contributed by atoms with Crippen LogP contribution in [0, 0.1) is 0 Å². The minimum atomic E-state index is -0.193. The number of nitrogens with zero attached hydrogens (tertiary/aromatic N) is 6. The maximum atomic E-state index is 12.6. The second kappa shape index (κ2) is 7.87. The first-order valence-corrected chi connectivity index (χ1v) is 14.3. The van der Waals surface area contributed by atoms with E-state index in [4.69, 9.17) is 12.2 Å². The molecule has 1 aromatic carbocycles. The maximum Gasteiger partial charge on any atom is 0.285 e. The fourth-order valence-corrected chi connectivity index (χ4v) is 8.80. The molecule has 0 spiro atoms. The molecule has 5 aromatic heterocycles. The van der Waals surface area contributed by atoms with E-state index in [1.807, 2.05) is 18.3 Å². The average Bonchev–Trinajstić information content (AvgIpc) is 3.65. The predicted octanol–water partition coefficient (Wildman–Crippen LogP) is 6.58. The molecule has 6 aromatic rings. The number of hydrogen-bond acceptors (Lipinski definition) is 10. The summed E-state index contributed by atoms with van der Waals surface area (Å²) >= 11 is 11.2. The molecule has 0 atom stereocenters. The fourth-order valence-electron chi connectivity index (χ4n) is 4.41. The molecule has 12 heteroatoms. The number of thiophene rings is 2. The molecule has 0 bridgehead atoms. The van der Waals surface area contributed by atoms with Gasteiger partial charge in [0.2, 0.25) is 0 Å². The van der Waals surface area contributed by atoms with E-state index in [1.165, 1.54) is 47.2 Å². The van der Waals surface area contributed by atoms with E-state index >= 15 is 0 Å². The Morgan fingerprint density at radius 3 is 2.77 bits per heavy atom. The highest BCUT2D eigenvalue weighted by Crippen LogP contribution is 2.46. The van der Waals surface area contributed by atoms with Crippen molar-refractivity contribution in [2.75, 3.05) is 6.54 Å². The zero-order chi connectivity index (χ0) is 23.8. The summed E-state index contributed by atoms with van der Waals surface area (Å²) in [4.78, 5) is 24.4. The highest BCUT2D eigenvalue weighted by molar-refractivity contribution is 8.35. The molecular formula is C23H14N6OS5. The Labute approximate surface area is 220 Å². The van der Waals surface area contributed by atoms with Crippen molar-refractivity contribution in [2.24, 2.45) is 12.0 Å². The molecule has 7 rings (SSSR count). The van der Waals surface area contributed by atoms with Crippen LogP contribution in [0.1, 0.15) is 6.92 Å². The number of benzene rings is 1. The van der Waals surface area contributed by atoms with Gasteiger partial charge in [0.05, 0.1) is 32.2 Å². The molecule has 0 N–H and O–H groups in total. The summed E-state index contributed by atoms with van der Waals surface area (Å²) in [5.41, 5.74) is 4.73. The van der Waals surface area contributed by atoms with Crippen LogP contribution in [0.4, 0.5) is 5.82 Å². The molecule has 1 saturated heterocycles. The number of carbonyl (C=O) groups is 1. The number of hydrogen-bond donors (Lipinski definition) is 0. The monoisotopic (exact) mass is 550 g/mol. The van der Waals surface area contributed by atoms with Crippen molar-refractivity contribution in [2.45, 2.75) is 6.92 Å². The van der Waals surface area contributed by atoms with Gasteiger partial charge in [-0.15, -0.1) is 22.7 Å². The van der Waals surface area contributed by atoms with E-state index in [1.54, 1.807) is 17.5 Å². The number of aryl methyl sites for hydroxylation is 1. The number of amides is 1. The van der Waals surface area contributed by atoms with Crippen molar-refractivity contribution in [1.29, 1.82) is 0 Å². The molecule has 0 aliphatic carbocycles. The van der Waals surface area contributed by atoms with Crippen LogP contribution < -0.4 is 0 Å². The van der Waals surface area contributed by atoms with E-state index in [2.05, 4.69) is 60.7 Å². The van der Waals surface area contributed by atoms with Crippen LogP contribution in [-0.4, -0.2) is 45.0 Å². The second-order valence-electron chi connectivity index (χ2n) is 7.95. The summed E-state index contributed by atoms with van der Waals surface area (Å²) < 4.78 is 15.7. The Morgan fingerprint density at radius 1 is 1.11 bits per heavy atom.